The first kappa shape index (κ1) is 9.20. The summed E-state index contributed by atoms with van der Waals surface area (Å²) in [6.45, 7) is 0. The minimum atomic E-state index is -0.482. The quantitative estimate of drug-likeness (QED) is 0.457. The zero-order valence-corrected chi connectivity index (χ0v) is 7.62. The predicted octanol–water partition coefficient (Wildman–Crippen LogP) is 0.433. The topological polar surface area (TPSA) is 85.9 Å². The normalized spacial score (nSPS) is 23.1. The molecule has 6 heteroatoms. The Kier molecular flexibility index (Phi) is 2.32. The van der Waals surface area contributed by atoms with E-state index in [0.717, 1.165) is 0 Å². The van der Waals surface area contributed by atoms with Gasteiger partial charge in [-0.3, -0.25) is 4.99 Å². The number of aliphatic imine (C=N–C) groups is 2. The number of hydrogen-bond acceptors (Lipinski definition) is 5. The highest BCUT2D eigenvalue weighted by Crippen LogP contribution is 2.09. The second kappa shape index (κ2) is 3.79. The van der Waals surface area contributed by atoms with Gasteiger partial charge in [-0.25, -0.2) is 4.99 Å². The van der Waals surface area contributed by atoms with Gasteiger partial charge in [-0.1, -0.05) is 0 Å². The van der Waals surface area contributed by atoms with Gasteiger partial charge < -0.3 is 15.7 Å². The van der Waals surface area contributed by atoms with Crippen molar-refractivity contribution in [2.24, 2.45) is 9.98 Å². The summed E-state index contributed by atoms with van der Waals surface area (Å²) in [7, 11) is 0. The molecule has 0 amide bonds. The maximum Gasteiger partial charge on any atom is 0.241 e. The van der Waals surface area contributed by atoms with E-state index < -0.39 is 4.90 Å². The van der Waals surface area contributed by atoms with Gasteiger partial charge >= 0.3 is 0 Å². The van der Waals surface area contributed by atoms with Gasteiger partial charge in [0.2, 0.25) is 5.71 Å². The number of allylic oxidation sites excluding steroid dienone is 3. The van der Waals surface area contributed by atoms with Gasteiger partial charge in [0.15, 0.2) is 0 Å². The van der Waals surface area contributed by atoms with Crippen molar-refractivity contribution in [1.29, 1.82) is 0 Å². The molecule has 0 aliphatic carbocycles. The minimum Gasteiger partial charge on any atom is -0.612 e. The lowest BCUT2D eigenvalue weighted by Crippen LogP contribution is -2.15. The molecule has 0 bridgehead atoms. The zero-order chi connectivity index (χ0) is 10.7. The van der Waals surface area contributed by atoms with Crippen molar-refractivity contribution in [1.82, 2.24) is 5.32 Å². The SMILES string of the molecule is [O-][N+]([O-])=C1C=CC(=C2C=NC=CN2)N=C1. The van der Waals surface area contributed by atoms with Crippen molar-refractivity contribution in [2.45, 2.75) is 0 Å². The molecule has 1 N–H and O–H groups in total. The second-order valence-electron chi connectivity index (χ2n) is 2.81. The third-order valence-corrected chi connectivity index (χ3v) is 1.84. The van der Waals surface area contributed by atoms with Crippen molar-refractivity contribution < 1.29 is 4.90 Å². The highest BCUT2D eigenvalue weighted by Gasteiger charge is 2.08. The molecule has 0 aromatic rings. The zero-order valence-electron chi connectivity index (χ0n) is 7.62. The third kappa shape index (κ3) is 1.93. The van der Waals surface area contributed by atoms with Gasteiger partial charge in [0, 0.05) is 18.5 Å². The average molecular weight is 203 g/mol. The summed E-state index contributed by atoms with van der Waals surface area (Å²) in [6, 6.07) is 0. The van der Waals surface area contributed by atoms with Crippen molar-refractivity contribution in [3.63, 3.8) is 0 Å². The lowest BCUT2D eigenvalue weighted by atomic mass is 10.2. The molecule has 0 atom stereocenters. The molecule has 0 aromatic carbocycles. The summed E-state index contributed by atoms with van der Waals surface area (Å²) in [5.74, 6) is 0. The molecule has 2 rings (SSSR count). The van der Waals surface area contributed by atoms with E-state index in [1.54, 1.807) is 24.7 Å². The summed E-state index contributed by atoms with van der Waals surface area (Å²) in [6.07, 6.45) is 9.08. The van der Waals surface area contributed by atoms with E-state index in [1.165, 1.54) is 12.3 Å². The van der Waals surface area contributed by atoms with Crippen molar-refractivity contribution >= 4 is 18.1 Å². The fourth-order valence-electron chi connectivity index (χ4n) is 1.12. The van der Waals surface area contributed by atoms with Crippen LogP contribution in [0.3, 0.4) is 0 Å². The van der Waals surface area contributed by atoms with Crippen LogP contribution in [0.2, 0.25) is 0 Å². The van der Waals surface area contributed by atoms with E-state index in [9.17, 15) is 10.4 Å². The van der Waals surface area contributed by atoms with Crippen LogP contribution in [0.15, 0.2) is 45.9 Å². The fourth-order valence-corrected chi connectivity index (χ4v) is 1.12. The third-order valence-electron chi connectivity index (χ3n) is 1.84. The molecule has 0 unspecified atom stereocenters. The molecule has 0 saturated heterocycles. The van der Waals surface area contributed by atoms with Crippen LogP contribution in [0.4, 0.5) is 0 Å². The largest absolute Gasteiger partial charge is 0.612 e. The van der Waals surface area contributed by atoms with E-state index in [-0.39, 0.29) is 5.71 Å². The average Bonchev–Trinajstić information content (AvgIpc) is 2.30. The standard InChI is InChI=1S/C9H7N4O2/c14-13(15)7-1-2-8(12-5-7)9-6-10-3-4-11-9/h1-6,11H/q-1. The van der Waals surface area contributed by atoms with Gasteiger partial charge in [0.25, 0.3) is 0 Å². The predicted molar refractivity (Wildman–Crippen MR) is 57.4 cm³/mol. The van der Waals surface area contributed by atoms with Crippen molar-refractivity contribution in [2.75, 3.05) is 0 Å². The first-order valence-corrected chi connectivity index (χ1v) is 4.20. The maximum atomic E-state index is 10.4. The number of dihydropyridines is 1. The molecule has 76 valence electrons. The van der Waals surface area contributed by atoms with Crippen LogP contribution in [0, 0.1) is 10.4 Å². The fraction of sp³-hybridized carbons (Fsp3) is 0. The molecule has 0 spiro atoms. The van der Waals surface area contributed by atoms with Gasteiger partial charge in [0.05, 0.1) is 17.6 Å². The Bertz CT molecular complexity index is 433. The summed E-state index contributed by atoms with van der Waals surface area (Å²) >= 11 is 0. The van der Waals surface area contributed by atoms with E-state index in [0.29, 0.717) is 11.4 Å². The van der Waals surface area contributed by atoms with E-state index in [2.05, 4.69) is 15.3 Å². The molecular weight excluding hydrogens is 196 g/mol. The van der Waals surface area contributed by atoms with Crippen LogP contribution < -0.4 is 5.32 Å². The van der Waals surface area contributed by atoms with Crippen LogP contribution in [0.5, 0.6) is 0 Å². The highest BCUT2D eigenvalue weighted by atomic mass is 16.8. The number of nitrogens with zero attached hydrogens (tertiary/aromatic N) is 3. The Hall–Kier alpha value is -2.37. The van der Waals surface area contributed by atoms with Crippen LogP contribution >= 0.6 is 0 Å². The minimum absolute atomic E-state index is 0.0253. The van der Waals surface area contributed by atoms with Crippen LogP contribution in [-0.2, 0) is 0 Å². The molecule has 0 fully saturated rings. The number of rotatable bonds is 0. The number of hydrogen-bond donors (Lipinski definition) is 1. The molecule has 6 nitrogen and oxygen atoms in total. The van der Waals surface area contributed by atoms with Crippen LogP contribution in [0.25, 0.3) is 0 Å². The summed E-state index contributed by atoms with van der Waals surface area (Å²) in [4.78, 5) is 7.39. The monoisotopic (exact) mass is 203 g/mol. The molecule has 2 aliphatic heterocycles. The summed E-state index contributed by atoms with van der Waals surface area (Å²) < 4.78 is 0. The molecule has 0 saturated carbocycles. The Morgan fingerprint density at radius 1 is 1.20 bits per heavy atom. The first-order chi connectivity index (χ1) is 7.27. The molecule has 2 aliphatic rings. The lowest BCUT2D eigenvalue weighted by Gasteiger charge is -2.10. The molecule has 0 aromatic heterocycles. The number of nitrogens with one attached hydrogen (secondary N) is 1. The molecule has 2 heterocycles. The van der Waals surface area contributed by atoms with Gasteiger partial charge in [0.1, 0.15) is 6.21 Å². The highest BCUT2D eigenvalue weighted by molar-refractivity contribution is 6.34. The smallest absolute Gasteiger partial charge is 0.241 e. The molecular formula is C9H7N4O2-. The maximum absolute atomic E-state index is 10.4. The molecule has 15 heavy (non-hydrogen) atoms. The van der Waals surface area contributed by atoms with E-state index >= 15 is 0 Å². The van der Waals surface area contributed by atoms with Crippen LogP contribution in [0.1, 0.15) is 0 Å². The lowest BCUT2D eigenvalue weighted by molar-refractivity contribution is -0.375. The Balaban J connectivity index is 2.28. The van der Waals surface area contributed by atoms with E-state index in [1.807, 2.05) is 0 Å². The summed E-state index contributed by atoms with van der Waals surface area (Å²) in [5.41, 5.74) is 1.31. The van der Waals surface area contributed by atoms with Gasteiger partial charge in [-0.05, 0) is 6.08 Å². The Morgan fingerprint density at radius 2 is 2.07 bits per heavy atom. The summed E-state index contributed by atoms with van der Waals surface area (Å²) in [5, 5.41) is 23.7. The second-order valence-corrected chi connectivity index (χ2v) is 2.81. The van der Waals surface area contributed by atoms with E-state index in [4.69, 9.17) is 0 Å². The van der Waals surface area contributed by atoms with Crippen LogP contribution in [-0.4, -0.2) is 23.0 Å². The van der Waals surface area contributed by atoms with Gasteiger partial charge in [-0.2, -0.15) is 4.90 Å². The van der Waals surface area contributed by atoms with Crippen molar-refractivity contribution in [3.05, 3.63) is 46.4 Å². The van der Waals surface area contributed by atoms with Crippen molar-refractivity contribution in [3.8, 4) is 0 Å². The Morgan fingerprint density at radius 3 is 2.60 bits per heavy atom. The van der Waals surface area contributed by atoms with Gasteiger partial charge in [-0.15, -0.1) is 0 Å². The first-order valence-electron chi connectivity index (χ1n) is 4.20. The Labute approximate surface area is 85.5 Å². The molecule has 0 radical (unpaired) electrons.